The van der Waals surface area contributed by atoms with Crippen molar-refractivity contribution < 1.29 is 43.8 Å². The summed E-state index contributed by atoms with van der Waals surface area (Å²) in [5.74, 6) is -1.44. The van der Waals surface area contributed by atoms with Crippen LogP contribution in [0.5, 0.6) is 0 Å². The van der Waals surface area contributed by atoms with Crippen molar-refractivity contribution in [2.45, 2.75) is 6.42 Å². The van der Waals surface area contributed by atoms with Crippen LogP contribution in [0.2, 0.25) is 0 Å². The quantitative estimate of drug-likeness (QED) is 0.422. The Bertz CT molecular complexity index is 317. The van der Waals surface area contributed by atoms with Gasteiger partial charge in [0.1, 0.15) is 5.82 Å². The Morgan fingerprint density at radius 3 is 2.62 bits per heavy atom. The molecule has 0 aliphatic rings. The number of carboxylic acids is 1. The smallest absolute Gasteiger partial charge is 0.481 e. The molecule has 5 heteroatoms. The van der Waals surface area contributed by atoms with Crippen LogP contribution in [0.3, 0.4) is 0 Å². The molecule has 13 heavy (non-hydrogen) atoms. The summed E-state index contributed by atoms with van der Waals surface area (Å²) in [6.45, 7) is 0. The van der Waals surface area contributed by atoms with E-state index in [1.165, 1.54) is 12.1 Å². The average Bonchev–Trinajstić information content (AvgIpc) is 1.94. The zero-order chi connectivity index (χ0) is 9.14. The predicted molar refractivity (Wildman–Crippen MR) is 42.2 cm³/mol. The largest absolute Gasteiger partial charge is 1.00 e. The fourth-order valence-corrected chi connectivity index (χ4v) is 0.890. The van der Waals surface area contributed by atoms with Gasteiger partial charge in [-0.25, -0.2) is 4.39 Å². The summed E-state index contributed by atoms with van der Waals surface area (Å²) in [6, 6.07) is 3.67. The van der Waals surface area contributed by atoms with E-state index >= 15 is 0 Å². The molecule has 0 fully saturated rings. The second-order valence-corrected chi connectivity index (χ2v) is 2.41. The Kier molecular flexibility index (Phi) is 4.98. The molecule has 3 N–H and O–H groups in total. The third kappa shape index (κ3) is 3.76. The molecule has 0 amide bonds. The van der Waals surface area contributed by atoms with Gasteiger partial charge in [0.2, 0.25) is 0 Å². The Labute approximate surface area is 97.0 Å². The first kappa shape index (κ1) is 12.4. The summed E-state index contributed by atoms with van der Waals surface area (Å²) in [5.41, 5.74) is 5.98. The monoisotopic (exact) mass is 192 g/mol. The molecule has 0 bridgehead atoms. The van der Waals surface area contributed by atoms with Crippen LogP contribution in [-0.4, -0.2) is 11.1 Å². The van der Waals surface area contributed by atoms with E-state index in [1.54, 1.807) is 0 Å². The van der Waals surface area contributed by atoms with Crippen LogP contribution in [0.25, 0.3) is 0 Å². The van der Waals surface area contributed by atoms with E-state index < -0.39 is 11.8 Å². The van der Waals surface area contributed by atoms with Crippen LogP contribution in [0, 0.1) is 5.82 Å². The van der Waals surface area contributed by atoms with E-state index in [0.29, 0.717) is 5.56 Å². The van der Waals surface area contributed by atoms with Crippen LogP contribution in [0.15, 0.2) is 18.2 Å². The van der Waals surface area contributed by atoms with Gasteiger partial charge in [-0.15, -0.1) is 0 Å². The number of nitrogen functional groups attached to an aromatic ring is 1. The third-order valence-corrected chi connectivity index (χ3v) is 1.45. The Morgan fingerprint density at radius 2 is 2.15 bits per heavy atom. The summed E-state index contributed by atoms with van der Waals surface area (Å²) in [4.78, 5) is 10.3. The maximum atomic E-state index is 12.5. The van der Waals surface area contributed by atoms with E-state index in [9.17, 15) is 9.18 Å². The third-order valence-electron chi connectivity index (χ3n) is 1.45. The first-order chi connectivity index (χ1) is 5.59. The van der Waals surface area contributed by atoms with E-state index in [2.05, 4.69) is 0 Å². The van der Waals surface area contributed by atoms with Gasteiger partial charge in [-0.05, 0) is 17.7 Å². The molecular weight excluding hydrogens is 184 g/mol. The number of nitrogens with two attached hydrogens (primary N) is 1. The minimum absolute atomic E-state index is 0. The van der Waals surface area contributed by atoms with Crippen molar-refractivity contribution in [1.29, 1.82) is 0 Å². The summed E-state index contributed by atoms with van der Waals surface area (Å²) in [5, 5.41) is 8.41. The van der Waals surface area contributed by atoms with Crippen LogP contribution < -0.4 is 35.3 Å². The van der Waals surface area contributed by atoms with Crippen molar-refractivity contribution in [2.24, 2.45) is 0 Å². The molecule has 64 valence electrons. The number of carboxylic acid groups (broad SMARTS) is 1. The van der Waals surface area contributed by atoms with Crippen molar-refractivity contribution in [3.05, 3.63) is 29.6 Å². The van der Waals surface area contributed by atoms with E-state index in [-0.39, 0.29) is 41.7 Å². The molecule has 0 saturated heterocycles. The molecule has 0 radical (unpaired) electrons. The number of rotatable bonds is 2. The molecule has 0 spiro atoms. The molecule has 0 saturated carbocycles. The van der Waals surface area contributed by atoms with Crippen molar-refractivity contribution >= 4 is 11.7 Å². The Morgan fingerprint density at radius 1 is 1.54 bits per heavy atom. The number of halogens is 1. The van der Waals surface area contributed by atoms with Crippen LogP contribution in [0.1, 0.15) is 5.56 Å². The number of hydrogen-bond donors (Lipinski definition) is 2. The second kappa shape index (κ2) is 5.21. The number of anilines is 1. The molecule has 0 atom stereocenters. The number of hydrogen-bond acceptors (Lipinski definition) is 2. The van der Waals surface area contributed by atoms with E-state index in [4.69, 9.17) is 10.8 Å². The molecule has 0 aliphatic carbocycles. The topological polar surface area (TPSA) is 63.3 Å². The van der Waals surface area contributed by atoms with Gasteiger partial charge in [0.05, 0.1) is 6.42 Å². The van der Waals surface area contributed by atoms with Gasteiger partial charge in [0.25, 0.3) is 0 Å². The standard InChI is InChI=1S/C8H8FNO2.Na/c9-6-2-1-5(3-8(11)12)7(10)4-6;/h1-2,4H,3,10H2,(H,11,12);/q;+1. The van der Waals surface area contributed by atoms with Crippen LogP contribution in [0.4, 0.5) is 10.1 Å². The van der Waals surface area contributed by atoms with Gasteiger partial charge >= 0.3 is 35.5 Å². The van der Waals surface area contributed by atoms with Gasteiger partial charge < -0.3 is 10.8 Å². The fourth-order valence-electron chi connectivity index (χ4n) is 0.890. The maximum absolute atomic E-state index is 12.5. The zero-order valence-electron chi connectivity index (χ0n) is 7.25. The van der Waals surface area contributed by atoms with E-state index in [0.717, 1.165) is 6.07 Å². The van der Waals surface area contributed by atoms with Crippen LogP contribution >= 0.6 is 0 Å². The van der Waals surface area contributed by atoms with Crippen LogP contribution in [-0.2, 0) is 11.2 Å². The summed E-state index contributed by atoms with van der Waals surface area (Å²) in [7, 11) is 0. The molecular formula is C8H8FNNaO2+. The van der Waals surface area contributed by atoms with Gasteiger partial charge in [-0.1, -0.05) is 6.07 Å². The molecule has 0 aliphatic heterocycles. The first-order valence-electron chi connectivity index (χ1n) is 3.35. The molecule has 0 aromatic heterocycles. The number of benzene rings is 1. The van der Waals surface area contributed by atoms with Gasteiger partial charge in [0, 0.05) is 5.69 Å². The zero-order valence-corrected chi connectivity index (χ0v) is 9.25. The van der Waals surface area contributed by atoms with Crippen molar-refractivity contribution in [1.82, 2.24) is 0 Å². The Balaban J connectivity index is 0.00000144. The predicted octanol–water partition coefficient (Wildman–Crippen LogP) is -1.96. The molecule has 1 rings (SSSR count). The Hall–Kier alpha value is -0.580. The molecule has 1 aromatic rings. The molecule has 0 heterocycles. The number of carbonyl (C=O) groups is 1. The summed E-state index contributed by atoms with van der Waals surface area (Å²) < 4.78 is 12.5. The normalized spacial score (nSPS) is 9.00. The van der Waals surface area contributed by atoms with Gasteiger partial charge in [-0.3, -0.25) is 4.79 Å². The van der Waals surface area contributed by atoms with Crippen molar-refractivity contribution in [3.8, 4) is 0 Å². The molecule has 0 unspecified atom stereocenters. The minimum atomic E-state index is -0.978. The van der Waals surface area contributed by atoms with Crippen molar-refractivity contribution in [3.63, 3.8) is 0 Å². The second-order valence-electron chi connectivity index (χ2n) is 2.41. The molecule has 1 aromatic carbocycles. The van der Waals surface area contributed by atoms with Gasteiger partial charge in [-0.2, -0.15) is 0 Å². The van der Waals surface area contributed by atoms with Crippen molar-refractivity contribution in [2.75, 3.05) is 5.73 Å². The minimum Gasteiger partial charge on any atom is -0.481 e. The molecule has 3 nitrogen and oxygen atoms in total. The summed E-state index contributed by atoms with van der Waals surface area (Å²) in [6.07, 6.45) is -0.174. The first-order valence-corrected chi connectivity index (χ1v) is 3.35. The van der Waals surface area contributed by atoms with Gasteiger partial charge in [0.15, 0.2) is 0 Å². The SMILES string of the molecule is Nc1cc(F)ccc1CC(=O)O.[Na+]. The maximum Gasteiger partial charge on any atom is 1.00 e. The fraction of sp³-hybridized carbons (Fsp3) is 0.125. The number of aliphatic carboxylic acids is 1. The van der Waals surface area contributed by atoms with E-state index in [1.807, 2.05) is 0 Å². The summed E-state index contributed by atoms with van der Waals surface area (Å²) >= 11 is 0. The average molecular weight is 192 g/mol.